The Balaban J connectivity index is 1.53. The van der Waals surface area contributed by atoms with Crippen molar-refractivity contribution in [2.45, 2.75) is 33.0 Å². The minimum atomic E-state index is -0.143. The zero-order chi connectivity index (χ0) is 20.4. The van der Waals surface area contributed by atoms with Crippen LogP contribution in [0.2, 0.25) is 0 Å². The molecule has 152 valence electrons. The number of morpholine rings is 1. The maximum atomic E-state index is 13.0. The fourth-order valence-corrected chi connectivity index (χ4v) is 3.92. The van der Waals surface area contributed by atoms with E-state index in [0.717, 1.165) is 25.2 Å². The van der Waals surface area contributed by atoms with Crippen molar-refractivity contribution in [3.8, 4) is 11.3 Å². The van der Waals surface area contributed by atoms with Crippen LogP contribution in [0, 0.1) is 6.92 Å². The van der Waals surface area contributed by atoms with E-state index < -0.39 is 0 Å². The Morgan fingerprint density at radius 1 is 1.21 bits per heavy atom. The van der Waals surface area contributed by atoms with E-state index in [1.165, 1.54) is 0 Å². The van der Waals surface area contributed by atoms with Crippen molar-refractivity contribution in [3.05, 3.63) is 47.7 Å². The third kappa shape index (κ3) is 4.31. The number of rotatable bonds is 5. The lowest BCUT2D eigenvalue weighted by Crippen LogP contribution is -2.47. The minimum absolute atomic E-state index is 0.143. The molecular formula is C22H26N4O3. The average Bonchev–Trinajstić information content (AvgIpc) is 3.08. The van der Waals surface area contributed by atoms with Crippen molar-refractivity contribution in [1.82, 2.24) is 20.4 Å². The summed E-state index contributed by atoms with van der Waals surface area (Å²) < 4.78 is 11.1. The number of pyridine rings is 1. The fraction of sp³-hybridized carbons (Fsp3) is 0.409. The van der Waals surface area contributed by atoms with Gasteiger partial charge < -0.3 is 14.6 Å². The summed E-state index contributed by atoms with van der Waals surface area (Å²) in [5.74, 6) is -0.143. The van der Waals surface area contributed by atoms with Crippen molar-refractivity contribution in [2.24, 2.45) is 0 Å². The number of amides is 1. The highest BCUT2D eigenvalue weighted by Gasteiger charge is 2.23. The highest BCUT2D eigenvalue weighted by atomic mass is 16.5. The molecule has 4 rings (SSSR count). The summed E-state index contributed by atoms with van der Waals surface area (Å²) in [4.78, 5) is 19.9. The first-order valence-electron chi connectivity index (χ1n) is 9.99. The Kier molecular flexibility index (Phi) is 5.60. The van der Waals surface area contributed by atoms with E-state index in [9.17, 15) is 4.79 Å². The molecule has 0 radical (unpaired) electrons. The lowest BCUT2D eigenvalue weighted by Gasteiger charge is -2.35. The van der Waals surface area contributed by atoms with Crippen molar-refractivity contribution < 1.29 is 14.1 Å². The van der Waals surface area contributed by atoms with Crippen LogP contribution in [-0.2, 0) is 4.74 Å². The van der Waals surface area contributed by atoms with Crippen LogP contribution in [0.4, 0.5) is 0 Å². The predicted molar refractivity (Wildman–Crippen MR) is 111 cm³/mol. The normalized spacial score (nSPS) is 20.1. The number of benzene rings is 1. The predicted octanol–water partition coefficient (Wildman–Crippen LogP) is 3.04. The number of fused-ring (bicyclic) bond motifs is 1. The summed E-state index contributed by atoms with van der Waals surface area (Å²) in [6.07, 6.45) is 0.421. The molecule has 7 nitrogen and oxygen atoms in total. The second-order valence-corrected chi connectivity index (χ2v) is 7.64. The molecule has 1 aromatic carbocycles. The third-order valence-corrected chi connectivity index (χ3v) is 5.14. The number of nitrogens with zero attached hydrogens (tertiary/aromatic N) is 3. The zero-order valence-corrected chi connectivity index (χ0v) is 17.0. The quantitative estimate of drug-likeness (QED) is 0.716. The number of hydrogen-bond acceptors (Lipinski definition) is 6. The van der Waals surface area contributed by atoms with Crippen LogP contribution in [0.3, 0.4) is 0 Å². The zero-order valence-electron chi connectivity index (χ0n) is 17.0. The molecule has 2 atom stereocenters. The van der Waals surface area contributed by atoms with E-state index in [1.807, 2.05) is 43.3 Å². The molecule has 7 heteroatoms. The second kappa shape index (κ2) is 8.31. The Labute approximate surface area is 170 Å². The van der Waals surface area contributed by atoms with Crippen LogP contribution < -0.4 is 5.32 Å². The Morgan fingerprint density at radius 3 is 2.66 bits per heavy atom. The van der Waals surface area contributed by atoms with Crippen LogP contribution in [0.5, 0.6) is 0 Å². The topological polar surface area (TPSA) is 80.5 Å². The van der Waals surface area contributed by atoms with Gasteiger partial charge in [0, 0.05) is 31.7 Å². The van der Waals surface area contributed by atoms with Gasteiger partial charge in [0.05, 0.1) is 34.5 Å². The number of carbonyl (C=O) groups excluding carboxylic acids is 1. The fourth-order valence-electron chi connectivity index (χ4n) is 3.92. The van der Waals surface area contributed by atoms with E-state index in [1.54, 1.807) is 0 Å². The smallest absolute Gasteiger partial charge is 0.259 e. The molecule has 1 aliphatic rings. The SMILES string of the molecule is Cc1noc2nc(-c3ccccc3)cc(C(=O)NCCN3CC(C)OC(C)C3)c12. The average molecular weight is 394 g/mol. The van der Waals surface area contributed by atoms with Crippen LogP contribution in [-0.4, -0.2) is 59.3 Å². The lowest BCUT2D eigenvalue weighted by molar-refractivity contribution is -0.0672. The Hall–Kier alpha value is -2.77. The van der Waals surface area contributed by atoms with Gasteiger partial charge in [-0.3, -0.25) is 9.69 Å². The number of aromatic nitrogens is 2. The first kappa shape index (κ1) is 19.5. The van der Waals surface area contributed by atoms with Crippen molar-refractivity contribution >= 4 is 17.0 Å². The number of nitrogens with one attached hydrogen (secondary N) is 1. The molecule has 0 bridgehead atoms. The van der Waals surface area contributed by atoms with Gasteiger partial charge in [0.15, 0.2) is 0 Å². The first-order chi connectivity index (χ1) is 14.0. The van der Waals surface area contributed by atoms with E-state index in [0.29, 0.717) is 34.6 Å². The van der Waals surface area contributed by atoms with Gasteiger partial charge >= 0.3 is 0 Å². The van der Waals surface area contributed by atoms with Gasteiger partial charge in [0.1, 0.15) is 0 Å². The van der Waals surface area contributed by atoms with Crippen molar-refractivity contribution in [2.75, 3.05) is 26.2 Å². The van der Waals surface area contributed by atoms with Gasteiger partial charge in [0.2, 0.25) is 0 Å². The molecule has 1 N–H and O–H groups in total. The van der Waals surface area contributed by atoms with E-state index >= 15 is 0 Å². The molecular weight excluding hydrogens is 368 g/mol. The van der Waals surface area contributed by atoms with Crippen LogP contribution in [0.1, 0.15) is 29.9 Å². The standard InChI is InChI=1S/C22H26N4O3/c1-14-12-26(13-15(2)28-14)10-9-23-21(27)18-11-19(17-7-5-4-6-8-17)24-22-20(18)16(3)25-29-22/h4-8,11,14-15H,9-10,12-13H2,1-3H3,(H,23,27). The molecule has 1 fully saturated rings. The van der Waals surface area contributed by atoms with Gasteiger partial charge in [-0.05, 0) is 26.8 Å². The summed E-state index contributed by atoms with van der Waals surface area (Å²) in [5.41, 5.74) is 3.19. The molecule has 2 unspecified atom stereocenters. The molecule has 1 aliphatic heterocycles. The number of aryl methyl sites for hydroxylation is 1. The van der Waals surface area contributed by atoms with Gasteiger partial charge in [-0.25, -0.2) is 4.98 Å². The van der Waals surface area contributed by atoms with Gasteiger partial charge in [-0.1, -0.05) is 35.5 Å². The first-order valence-corrected chi connectivity index (χ1v) is 9.99. The molecule has 0 spiro atoms. The largest absolute Gasteiger partial charge is 0.373 e. The summed E-state index contributed by atoms with van der Waals surface area (Å²) in [6.45, 7) is 9.08. The summed E-state index contributed by atoms with van der Waals surface area (Å²) in [5, 5.41) is 7.71. The van der Waals surface area contributed by atoms with Crippen molar-refractivity contribution in [3.63, 3.8) is 0 Å². The Bertz CT molecular complexity index is 992. The van der Waals surface area contributed by atoms with E-state index in [2.05, 4.69) is 34.2 Å². The monoisotopic (exact) mass is 394 g/mol. The van der Waals surface area contributed by atoms with E-state index in [4.69, 9.17) is 9.26 Å². The Morgan fingerprint density at radius 2 is 1.93 bits per heavy atom. The van der Waals surface area contributed by atoms with Crippen LogP contribution in [0.25, 0.3) is 22.4 Å². The highest BCUT2D eigenvalue weighted by molar-refractivity contribution is 6.06. The summed E-state index contributed by atoms with van der Waals surface area (Å²) in [7, 11) is 0. The second-order valence-electron chi connectivity index (χ2n) is 7.64. The molecule has 29 heavy (non-hydrogen) atoms. The lowest BCUT2D eigenvalue weighted by atomic mass is 10.1. The molecule has 1 amide bonds. The number of carbonyl (C=O) groups is 1. The van der Waals surface area contributed by atoms with Crippen molar-refractivity contribution in [1.29, 1.82) is 0 Å². The maximum absolute atomic E-state index is 13.0. The van der Waals surface area contributed by atoms with Crippen LogP contribution in [0.15, 0.2) is 40.9 Å². The summed E-state index contributed by atoms with van der Waals surface area (Å²) in [6, 6.07) is 11.6. The minimum Gasteiger partial charge on any atom is -0.373 e. The highest BCUT2D eigenvalue weighted by Crippen LogP contribution is 2.26. The van der Waals surface area contributed by atoms with Crippen LogP contribution >= 0.6 is 0 Å². The van der Waals surface area contributed by atoms with Gasteiger partial charge in [-0.15, -0.1) is 0 Å². The molecule has 0 aliphatic carbocycles. The van der Waals surface area contributed by atoms with Gasteiger partial charge in [0.25, 0.3) is 11.6 Å². The number of hydrogen-bond donors (Lipinski definition) is 1. The molecule has 2 aromatic heterocycles. The number of ether oxygens (including phenoxy) is 1. The van der Waals surface area contributed by atoms with E-state index in [-0.39, 0.29) is 18.1 Å². The molecule has 3 heterocycles. The maximum Gasteiger partial charge on any atom is 0.259 e. The van der Waals surface area contributed by atoms with Gasteiger partial charge in [-0.2, -0.15) is 0 Å². The molecule has 1 saturated heterocycles. The summed E-state index contributed by atoms with van der Waals surface area (Å²) >= 11 is 0. The molecule has 3 aromatic rings. The third-order valence-electron chi connectivity index (χ3n) is 5.14. The molecule has 0 saturated carbocycles.